The number of carbonyl (C=O) groups is 2. The molecular weight excluding hydrogens is 466 g/mol. The number of ketones is 1. The van der Waals surface area contributed by atoms with Gasteiger partial charge in [-0.15, -0.1) is 0 Å². The van der Waals surface area contributed by atoms with Crippen molar-refractivity contribution < 1.29 is 19.4 Å². The van der Waals surface area contributed by atoms with Crippen molar-refractivity contribution in [2.75, 3.05) is 0 Å². The second kappa shape index (κ2) is 10.5. The van der Waals surface area contributed by atoms with Crippen LogP contribution in [0.15, 0.2) is 103 Å². The number of Topliss-reactive ketones (excluding diaryl/α,β-unsaturated/α-hetero) is 1. The Kier molecular flexibility index (Phi) is 6.76. The Hall–Kier alpha value is -4.78. The van der Waals surface area contributed by atoms with Crippen LogP contribution >= 0.6 is 0 Å². The number of ether oxygens (including phenoxy) is 1. The third kappa shape index (κ3) is 4.97. The quantitative estimate of drug-likeness (QED) is 0.223. The first-order valence-corrected chi connectivity index (χ1v) is 11.9. The van der Waals surface area contributed by atoms with Crippen molar-refractivity contribution in [1.82, 2.24) is 14.9 Å². The first-order chi connectivity index (χ1) is 18.0. The number of amides is 1. The number of benzene rings is 2. The topological polar surface area (TPSA) is 92.6 Å². The minimum Gasteiger partial charge on any atom is -0.507 e. The fraction of sp³-hybridized carbons (Fsp3) is 0.133. The van der Waals surface area contributed by atoms with Gasteiger partial charge in [0.1, 0.15) is 18.1 Å². The zero-order valence-electron chi connectivity index (χ0n) is 20.2. The first kappa shape index (κ1) is 23.9. The van der Waals surface area contributed by atoms with Gasteiger partial charge >= 0.3 is 0 Å². The molecule has 0 spiro atoms. The molecule has 0 radical (unpaired) electrons. The van der Waals surface area contributed by atoms with Crippen molar-refractivity contribution in [3.05, 3.63) is 131 Å². The number of nitrogens with zero attached hydrogens (tertiary/aromatic N) is 3. The number of aliphatic hydroxyl groups is 1. The van der Waals surface area contributed by atoms with Gasteiger partial charge in [-0.25, -0.2) is 0 Å². The average molecular weight is 492 g/mol. The number of aryl methyl sites for hydroxylation is 1. The van der Waals surface area contributed by atoms with Crippen molar-refractivity contribution in [1.29, 1.82) is 0 Å². The lowest BCUT2D eigenvalue weighted by Gasteiger charge is -2.25. The van der Waals surface area contributed by atoms with Crippen LogP contribution in [0.5, 0.6) is 5.75 Å². The lowest BCUT2D eigenvalue weighted by atomic mass is 9.96. The van der Waals surface area contributed by atoms with Gasteiger partial charge in [0.15, 0.2) is 0 Å². The summed E-state index contributed by atoms with van der Waals surface area (Å²) >= 11 is 0. The lowest BCUT2D eigenvalue weighted by molar-refractivity contribution is -0.140. The number of aromatic nitrogens is 2. The molecule has 1 saturated heterocycles. The van der Waals surface area contributed by atoms with E-state index in [2.05, 4.69) is 9.97 Å². The van der Waals surface area contributed by atoms with Crippen LogP contribution < -0.4 is 4.74 Å². The number of rotatable bonds is 7. The molecule has 5 rings (SSSR count). The number of carbonyl (C=O) groups excluding carboxylic acids is 2. The predicted octanol–water partition coefficient (Wildman–Crippen LogP) is 4.99. The highest BCUT2D eigenvalue weighted by Crippen LogP contribution is 2.40. The summed E-state index contributed by atoms with van der Waals surface area (Å²) in [5.41, 5.74) is 4.14. The molecule has 1 aliphatic heterocycles. The third-order valence-corrected chi connectivity index (χ3v) is 6.42. The van der Waals surface area contributed by atoms with E-state index in [-0.39, 0.29) is 17.9 Å². The van der Waals surface area contributed by atoms with Gasteiger partial charge in [0.25, 0.3) is 11.7 Å². The minimum atomic E-state index is -0.764. The number of aliphatic hydroxyl groups excluding tert-OH is 1. The second-order valence-corrected chi connectivity index (χ2v) is 8.81. The molecule has 7 heteroatoms. The third-order valence-electron chi connectivity index (χ3n) is 6.42. The number of likely N-dealkylation sites (tertiary alicyclic amines) is 1. The van der Waals surface area contributed by atoms with E-state index in [1.807, 2.05) is 37.3 Å². The van der Waals surface area contributed by atoms with Crippen molar-refractivity contribution in [2.24, 2.45) is 0 Å². The Morgan fingerprint density at radius 2 is 1.68 bits per heavy atom. The fourth-order valence-corrected chi connectivity index (χ4v) is 4.42. The van der Waals surface area contributed by atoms with Crippen LogP contribution in [0.2, 0.25) is 0 Å². The molecule has 0 aliphatic carbocycles. The molecule has 2 aromatic heterocycles. The zero-order chi connectivity index (χ0) is 25.8. The molecule has 1 atom stereocenters. The van der Waals surface area contributed by atoms with Gasteiger partial charge in [-0.05, 0) is 71.6 Å². The summed E-state index contributed by atoms with van der Waals surface area (Å²) in [6.07, 6.45) is 6.49. The van der Waals surface area contributed by atoms with E-state index in [0.717, 1.165) is 16.7 Å². The monoisotopic (exact) mass is 491 g/mol. The fourth-order valence-electron chi connectivity index (χ4n) is 4.42. The second-order valence-electron chi connectivity index (χ2n) is 8.81. The van der Waals surface area contributed by atoms with Gasteiger partial charge in [0.2, 0.25) is 0 Å². The van der Waals surface area contributed by atoms with Crippen molar-refractivity contribution in [3.63, 3.8) is 0 Å². The summed E-state index contributed by atoms with van der Waals surface area (Å²) < 4.78 is 5.91. The van der Waals surface area contributed by atoms with Crippen LogP contribution in [0.25, 0.3) is 5.76 Å². The molecule has 3 heterocycles. The van der Waals surface area contributed by atoms with E-state index in [1.54, 1.807) is 67.3 Å². The van der Waals surface area contributed by atoms with Gasteiger partial charge < -0.3 is 14.7 Å². The Bertz CT molecular complexity index is 1450. The summed E-state index contributed by atoms with van der Waals surface area (Å²) in [7, 11) is 0. The number of pyridine rings is 2. The molecule has 1 fully saturated rings. The maximum Gasteiger partial charge on any atom is 0.295 e. The summed E-state index contributed by atoms with van der Waals surface area (Å²) in [5.74, 6) is -1.02. The lowest BCUT2D eigenvalue weighted by Crippen LogP contribution is -2.29. The van der Waals surface area contributed by atoms with Crippen LogP contribution in [0, 0.1) is 6.92 Å². The van der Waals surface area contributed by atoms with Crippen molar-refractivity contribution in [3.8, 4) is 5.75 Å². The molecule has 1 aliphatic rings. The molecule has 2 aromatic carbocycles. The minimum absolute atomic E-state index is 0.0358. The van der Waals surface area contributed by atoms with Gasteiger partial charge in [-0.1, -0.05) is 30.3 Å². The summed E-state index contributed by atoms with van der Waals surface area (Å²) in [5, 5.41) is 11.3. The van der Waals surface area contributed by atoms with E-state index in [0.29, 0.717) is 23.5 Å². The maximum absolute atomic E-state index is 13.2. The Balaban J connectivity index is 1.46. The molecule has 0 saturated carbocycles. The molecule has 1 amide bonds. The van der Waals surface area contributed by atoms with Gasteiger partial charge in [0, 0.05) is 36.9 Å². The first-order valence-electron chi connectivity index (χ1n) is 11.9. The smallest absolute Gasteiger partial charge is 0.295 e. The van der Waals surface area contributed by atoms with Crippen LogP contribution in [-0.4, -0.2) is 31.7 Å². The summed E-state index contributed by atoms with van der Waals surface area (Å²) in [4.78, 5) is 35.9. The van der Waals surface area contributed by atoms with Crippen LogP contribution in [0.1, 0.15) is 33.9 Å². The molecule has 7 nitrogen and oxygen atoms in total. The highest BCUT2D eigenvalue weighted by Gasteiger charge is 2.46. The summed E-state index contributed by atoms with van der Waals surface area (Å²) in [6, 6.07) is 21.2. The molecular formula is C30H25N3O4. The maximum atomic E-state index is 13.2. The van der Waals surface area contributed by atoms with Gasteiger partial charge in [0.05, 0.1) is 11.6 Å². The molecule has 37 heavy (non-hydrogen) atoms. The molecule has 0 unspecified atom stereocenters. The molecule has 4 aromatic rings. The normalized spacial score (nSPS) is 16.7. The zero-order valence-corrected chi connectivity index (χ0v) is 20.2. The Morgan fingerprint density at radius 1 is 0.919 bits per heavy atom. The van der Waals surface area contributed by atoms with E-state index < -0.39 is 17.7 Å². The predicted molar refractivity (Wildman–Crippen MR) is 138 cm³/mol. The standard InChI is InChI=1S/C30H25N3O4/c1-20-5-2-3-7-24(20)19-37-25-10-8-23(9-11-25)28(34)26-27(22-12-15-31-16-13-22)33(30(36)29(26)35)18-21-6-4-14-32-17-21/h2-17,27,34H,18-19H2,1H3/t27-/m0/s1. The van der Waals surface area contributed by atoms with Crippen molar-refractivity contribution in [2.45, 2.75) is 26.1 Å². The van der Waals surface area contributed by atoms with E-state index in [4.69, 9.17) is 4.74 Å². The Morgan fingerprint density at radius 3 is 2.38 bits per heavy atom. The highest BCUT2D eigenvalue weighted by atomic mass is 16.5. The van der Waals surface area contributed by atoms with Crippen LogP contribution in [-0.2, 0) is 22.7 Å². The van der Waals surface area contributed by atoms with E-state index in [9.17, 15) is 14.7 Å². The van der Waals surface area contributed by atoms with Crippen LogP contribution in [0.4, 0.5) is 0 Å². The van der Waals surface area contributed by atoms with Crippen molar-refractivity contribution >= 4 is 17.4 Å². The van der Waals surface area contributed by atoms with Gasteiger partial charge in [-0.2, -0.15) is 0 Å². The highest BCUT2D eigenvalue weighted by molar-refractivity contribution is 6.46. The van der Waals surface area contributed by atoms with Crippen LogP contribution in [0.3, 0.4) is 0 Å². The molecule has 1 N–H and O–H groups in total. The largest absolute Gasteiger partial charge is 0.507 e. The molecule has 0 bridgehead atoms. The van der Waals surface area contributed by atoms with E-state index >= 15 is 0 Å². The Labute approximate surface area is 214 Å². The number of hydrogen-bond acceptors (Lipinski definition) is 6. The SMILES string of the molecule is Cc1ccccc1COc1ccc(C(O)=C2C(=O)C(=O)N(Cc3cccnc3)[C@H]2c2ccncc2)cc1. The van der Waals surface area contributed by atoms with Gasteiger partial charge in [-0.3, -0.25) is 19.6 Å². The number of hydrogen-bond donors (Lipinski definition) is 1. The average Bonchev–Trinajstić information content (AvgIpc) is 3.18. The van der Waals surface area contributed by atoms with E-state index in [1.165, 1.54) is 4.90 Å². The molecule has 184 valence electrons. The summed E-state index contributed by atoms with van der Waals surface area (Å²) in [6.45, 7) is 2.62.